The van der Waals surface area contributed by atoms with Crippen molar-refractivity contribution >= 4 is 11.8 Å². The largest absolute Gasteiger partial charge is 0.335 e. The summed E-state index contributed by atoms with van der Waals surface area (Å²) < 4.78 is 75.0. The Morgan fingerprint density at radius 1 is 1.08 bits per heavy atom. The van der Waals surface area contributed by atoms with Crippen molar-refractivity contribution in [2.24, 2.45) is 0 Å². The van der Waals surface area contributed by atoms with Gasteiger partial charge in [0.15, 0.2) is 5.82 Å². The molecule has 0 spiro atoms. The number of halogens is 5. The summed E-state index contributed by atoms with van der Waals surface area (Å²) in [7, 11) is 0. The Hall–Kier alpha value is -4.69. The van der Waals surface area contributed by atoms with Crippen LogP contribution in [0.15, 0.2) is 48.9 Å². The van der Waals surface area contributed by atoms with Crippen LogP contribution < -0.4 is 5.32 Å². The van der Waals surface area contributed by atoms with Gasteiger partial charge in [0.25, 0.3) is 0 Å². The van der Waals surface area contributed by atoms with Crippen LogP contribution in [-0.4, -0.2) is 44.1 Å². The van der Waals surface area contributed by atoms with Gasteiger partial charge >= 0.3 is 12.5 Å². The molecule has 1 aliphatic rings. The fourth-order valence-corrected chi connectivity index (χ4v) is 4.57. The van der Waals surface area contributed by atoms with Gasteiger partial charge in [-0.15, -0.1) is 10.2 Å². The molecule has 0 amide bonds. The van der Waals surface area contributed by atoms with Crippen LogP contribution >= 0.6 is 0 Å². The zero-order chi connectivity index (χ0) is 27.5. The molecule has 0 radical (unpaired) electrons. The number of anilines is 2. The van der Waals surface area contributed by atoms with E-state index in [0.717, 1.165) is 12.1 Å². The zero-order valence-corrected chi connectivity index (χ0v) is 20.4. The zero-order valence-electron chi connectivity index (χ0n) is 20.4. The van der Waals surface area contributed by atoms with Crippen LogP contribution in [0.2, 0.25) is 0 Å². The van der Waals surface area contributed by atoms with Crippen LogP contribution in [0.4, 0.5) is 33.7 Å². The summed E-state index contributed by atoms with van der Waals surface area (Å²) in [6.07, 6.45) is 4.42. The molecule has 0 aliphatic carbocycles. The van der Waals surface area contributed by atoms with Crippen molar-refractivity contribution in [2.45, 2.75) is 38.9 Å². The second-order valence-corrected chi connectivity index (χ2v) is 9.01. The summed E-state index contributed by atoms with van der Waals surface area (Å²) in [5, 5.41) is 14.0. The van der Waals surface area contributed by atoms with Crippen LogP contribution in [0.5, 0.6) is 0 Å². The monoisotopic (exact) mass is 542 g/mol. The molecule has 10 nitrogen and oxygen atoms in total. The van der Waals surface area contributed by atoms with E-state index in [4.69, 9.17) is 0 Å². The quantitative estimate of drug-likeness (QED) is 0.298. The molecule has 0 unspecified atom stereocenters. The van der Waals surface area contributed by atoms with Crippen molar-refractivity contribution in [1.29, 1.82) is 0 Å². The molecule has 4 aromatic heterocycles. The van der Waals surface area contributed by atoms with Crippen molar-refractivity contribution in [1.82, 2.24) is 44.1 Å². The van der Waals surface area contributed by atoms with Crippen LogP contribution in [0, 0.1) is 12.7 Å². The molecule has 200 valence electrons. The lowest BCUT2D eigenvalue weighted by atomic mass is 10.1. The number of hydrogen-bond acceptors (Lipinski definition) is 7. The van der Waals surface area contributed by atoms with E-state index in [1.807, 2.05) is 0 Å². The van der Waals surface area contributed by atoms with Gasteiger partial charge in [0.2, 0.25) is 17.6 Å². The molecule has 0 fully saturated rings. The van der Waals surface area contributed by atoms with E-state index in [0.29, 0.717) is 21.6 Å². The highest BCUT2D eigenvalue weighted by Gasteiger charge is 2.45. The Balaban J connectivity index is 1.38. The number of aromatic nitrogens is 9. The lowest BCUT2D eigenvalue weighted by Gasteiger charge is -2.26. The summed E-state index contributed by atoms with van der Waals surface area (Å²) in [4.78, 5) is 13.2. The van der Waals surface area contributed by atoms with Gasteiger partial charge in [0.05, 0.1) is 23.5 Å². The molecule has 1 N–H and O–H groups in total. The maximum absolute atomic E-state index is 15.5. The molecular formula is C24H19F5N10. The number of nitrogens with one attached hydrogen (secondary N) is 1. The van der Waals surface area contributed by atoms with E-state index >= 15 is 8.78 Å². The maximum Gasteiger partial charge on any atom is 0.335 e. The number of fused-ring (bicyclic) bond motifs is 3. The SMILES string of the molecule is Cc1cnc(Nc2ccnn2C(F)F)nc1-c1cn2c(n1)-c1nnc(C(F)(F)c3ccccc3F)n1[C@@H](C)C2. The van der Waals surface area contributed by atoms with Gasteiger partial charge in [0.1, 0.15) is 17.3 Å². The Morgan fingerprint density at radius 3 is 2.64 bits per heavy atom. The van der Waals surface area contributed by atoms with E-state index in [-0.39, 0.29) is 30.0 Å². The van der Waals surface area contributed by atoms with Crippen molar-refractivity contribution in [3.05, 3.63) is 71.7 Å². The Bertz CT molecular complexity index is 1690. The minimum absolute atomic E-state index is 0.00539. The minimum atomic E-state index is -3.74. The first-order valence-electron chi connectivity index (χ1n) is 11.7. The summed E-state index contributed by atoms with van der Waals surface area (Å²) in [6.45, 7) is 0.873. The van der Waals surface area contributed by atoms with Gasteiger partial charge in [0, 0.05) is 25.0 Å². The van der Waals surface area contributed by atoms with Crippen molar-refractivity contribution in [3.8, 4) is 23.0 Å². The average Bonchev–Trinajstić information content (AvgIpc) is 3.63. The van der Waals surface area contributed by atoms with Crippen LogP contribution in [0.1, 0.15) is 36.5 Å². The normalized spacial score (nSPS) is 14.9. The third-order valence-corrected chi connectivity index (χ3v) is 6.38. The van der Waals surface area contributed by atoms with Gasteiger partial charge in [-0.3, -0.25) is 4.57 Å². The number of imidazole rings is 1. The molecule has 15 heteroatoms. The van der Waals surface area contributed by atoms with E-state index in [9.17, 15) is 13.2 Å². The van der Waals surface area contributed by atoms with Gasteiger partial charge < -0.3 is 9.88 Å². The Kier molecular flexibility index (Phi) is 5.66. The first-order chi connectivity index (χ1) is 18.6. The van der Waals surface area contributed by atoms with Crippen LogP contribution in [0.25, 0.3) is 23.0 Å². The first-order valence-corrected chi connectivity index (χ1v) is 11.7. The highest BCUT2D eigenvalue weighted by atomic mass is 19.3. The van der Waals surface area contributed by atoms with E-state index < -0.39 is 35.7 Å². The maximum atomic E-state index is 15.5. The molecule has 5 aromatic rings. The summed E-state index contributed by atoms with van der Waals surface area (Å²) in [5.41, 5.74) is 0.626. The van der Waals surface area contributed by atoms with E-state index in [1.54, 1.807) is 24.6 Å². The predicted octanol–water partition coefficient (Wildman–Crippen LogP) is 5.10. The number of aryl methyl sites for hydroxylation is 1. The average molecular weight is 542 g/mol. The molecule has 5 heterocycles. The Labute approximate surface area is 217 Å². The molecule has 1 aliphatic heterocycles. The second-order valence-electron chi connectivity index (χ2n) is 9.01. The molecule has 6 rings (SSSR count). The fraction of sp³-hybridized carbons (Fsp3) is 0.250. The standard InChI is InChI=1S/C24H19F5N10/c1-12-9-30-23(33-17-7-8-31-39(17)22(26)27)34-18(12)16-11-37-10-13(2)38-20(19(37)32-16)35-36-21(38)24(28,29)14-5-3-4-6-15(14)25/h3-9,11,13,22H,10H2,1-2H3,(H,30,33,34)/t13-/m0/s1. The topological polar surface area (TPSA) is 104 Å². The highest BCUT2D eigenvalue weighted by Crippen LogP contribution is 2.41. The predicted molar refractivity (Wildman–Crippen MR) is 128 cm³/mol. The summed E-state index contributed by atoms with van der Waals surface area (Å²) in [6, 6.07) is 5.49. The van der Waals surface area contributed by atoms with Gasteiger partial charge in [-0.05, 0) is 31.5 Å². The van der Waals surface area contributed by atoms with Gasteiger partial charge in [-0.25, -0.2) is 19.3 Å². The smallest absolute Gasteiger partial charge is 0.326 e. The minimum Gasteiger partial charge on any atom is -0.326 e. The summed E-state index contributed by atoms with van der Waals surface area (Å²) in [5.74, 6) is -5.08. The van der Waals surface area contributed by atoms with Gasteiger partial charge in [-0.1, -0.05) is 12.1 Å². The van der Waals surface area contributed by atoms with E-state index in [2.05, 4.69) is 35.6 Å². The molecule has 1 atom stereocenters. The third kappa shape index (κ3) is 4.00. The number of alkyl halides is 4. The summed E-state index contributed by atoms with van der Waals surface area (Å²) >= 11 is 0. The molecular weight excluding hydrogens is 523 g/mol. The number of rotatable bonds is 6. The second kappa shape index (κ2) is 8.96. The molecule has 0 saturated heterocycles. The fourth-order valence-electron chi connectivity index (χ4n) is 4.57. The number of nitrogens with zero attached hydrogens (tertiary/aromatic N) is 9. The number of benzene rings is 1. The lowest BCUT2D eigenvalue weighted by molar-refractivity contribution is 0.0231. The number of hydrogen-bond donors (Lipinski definition) is 1. The Morgan fingerprint density at radius 2 is 1.87 bits per heavy atom. The molecule has 39 heavy (non-hydrogen) atoms. The molecule has 0 bridgehead atoms. The lowest BCUT2D eigenvalue weighted by Crippen LogP contribution is -2.28. The molecule has 0 saturated carbocycles. The third-order valence-electron chi connectivity index (χ3n) is 6.38. The first kappa shape index (κ1) is 24.6. The van der Waals surface area contributed by atoms with E-state index in [1.165, 1.54) is 35.2 Å². The molecule has 1 aromatic carbocycles. The highest BCUT2D eigenvalue weighted by molar-refractivity contribution is 5.64. The van der Waals surface area contributed by atoms with Crippen LogP contribution in [0.3, 0.4) is 0 Å². The van der Waals surface area contributed by atoms with Gasteiger partial charge in [-0.2, -0.15) is 27.3 Å². The van der Waals surface area contributed by atoms with Crippen LogP contribution in [-0.2, 0) is 12.5 Å². The van der Waals surface area contributed by atoms with Crippen molar-refractivity contribution < 1.29 is 22.0 Å². The van der Waals surface area contributed by atoms with Crippen molar-refractivity contribution in [3.63, 3.8) is 0 Å². The van der Waals surface area contributed by atoms with Crippen molar-refractivity contribution in [2.75, 3.05) is 5.32 Å².